The van der Waals surface area contributed by atoms with E-state index in [1.807, 2.05) is 13.0 Å². The van der Waals surface area contributed by atoms with Crippen molar-refractivity contribution in [1.82, 2.24) is 15.3 Å². The summed E-state index contributed by atoms with van der Waals surface area (Å²) in [6.07, 6.45) is 4.26. The highest BCUT2D eigenvalue weighted by Gasteiger charge is 2.22. The van der Waals surface area contributed by atoms with Crippen LogP contribution in [0, 0.1) is 6.92 Å². The largest absolute Gasteiger partial charge is 0.369 e. The fourth-order valence-corrected chi connectivity index (χ4v) is 1.38. The third kappa shape index (κ3) is 3.49. The summed E-state index contributed by atoms with van der Waals surface area (Å²) in [5, 5.41) is 6.04. The summed E-state index contributed by atoms with van der Waals surface area (Å²) in [5.74, 6) is 0.882. The third-order valence-electron chi connectivity index (χ3n) is 2.40. The highest BCUT2D eigenvalue weighted by atomic mass is 16.1. The fraction of sp³-hybridized carbons (Fsp3) is 0.545. The van der Waals surface area contributed by atoms with Crippen molar-refractivity contribution >= 4 is 11.7 Å². The van der Waals surface area contributed by atoms with Gasteiger partial charge in [-0.25, -0.2) is 9.97 Å². The SMILES string of the molecule is Cc1cc(NCCC(=O)NC2CC2)ncn1. The van der Waals surface area contributed by atoms with Crippen molar-refractivity contribution in [2.45, 2.75) is 32.2 Å². The van der Waals surface area contributed by atoms with Crippen molar-refractivity contribution in [3.05, 3.63) is 18.1 Å². The molecule has 5 heteroatoms. The highest BCUT2D eigenvalue weighted by molar-refractivity contribution is 5.77. The molecular formula is C11H16N4O. The summed E-state index contributed by atoms with van der Waals surface area (Å²) in [6, 6.07) is 2.30. The maximum Gasteiger partial charge on any atom is 0.221 e. The van der Waals surface area contributed by atoms with Crippen molar-refractivity contribution in [2.24, 2.45) is 0 Å². The number of carbonyl (C=O) groups is 1. The first-order valence-corrected chi connectivity index (χ1v) is 5.56. The molecular weight excluding hydrogens is 204 g/mol. The molecule has 1 aliphatic rings. The quantitative estimate of drug-likeness (QED) is 0.772. The molecule has 0 aliphatic heterocycles. The van der Waals surface area contributed by atoms with E-state index >= 15 is 0 Å². The van der Waals surface area contributed by atoms with Crippen molar-refractivity contribution in [3.63, 3.8) is 0 Å². The van der Waals surface area contributed by atoms with E-state index in [1.165, 1.54) is 6.33 Å². The minimum atomic E-state index is 0.112. The van der Waals surface area contributed by atoms with E-state index in [-0.39, 0.29) is 5.91 Å². The average molecular weight is 220 g/mol. The molecule has 2 N–H and O–H groups in total. The molecule has 2 rings (SSSR count). The first-order valence-electron chi connectivity index (χ1n) is 5.56. The van der Waals surface area contributed by atoms with Crippen LogP contribution < -0.4 is 10.6 Å². The Bertz CT molecular complexity index is 376. The predicted molar refractivity (Wildman–Crippen MR) is 61.0 cm³/mol. The Morgan fingerprint density at radius 3 is 3.00 bits per heavy atom. The van der Waals surface area contributed by atoms with Gasteiger partial charge in [0.15, 0.2) is 0 Å². The van der Waals surface area contributed by atoms with Gasteiger partial charge in [-0.05, 0) is 19.8 Å². The van der Waals surface area contributed by atoms with Crippen molar-refractivity contribution in [1.29, 1.82) is 0 Å². The van der Waals surface area contributed by atoms with E-state index in [1.54, 1.807) is 0 Å². The van der Waals surface area contributed by atoms with Crippen LogP contribution in [0.25, 0.3) is 0 Å². The van der Waals surface area contributed by atoms with Crippen molar-refractivity contribution < 1.29 is 4.79 Å². The fourth-order valence-electron chi connectivity index (χ4n) is 1.38. The van der Waals surface area contributed by atoms with Gasteiger partial charge < -0.3 is 10.6 Å². The average Bonchev–Trinajstić information content (AvgIpc) is 3.02. The van der Waals surface area contributed by atoms with Gasteiger partial charge in [-0.2, -0.15) is 0 Å². The minimum Gasteiger partial charge on any atom is -0.369 e. The van der Waals surface area contributed by atoms with Crippen LogP contribution in [0.3, 0.4) is 0 Å². The lowest BCUT2D eigenvalue weighted by Gasteiger charge is -2.06. The molecule has 0 bridgehead atoms. The molecule has 86 valence electrons. The maximum absolute atomic E-state index is 11.4. The molecule has 0 atom stereocenters. The molecule has 0 unspecified atom stereocenters. The Morgan fingerprint density at radius 2 is 2.31 bits per heavy atom. The van der Waals surface area contributed by atoms with Gasteiger partial charge in [-0.3, -0.25) is 4.79 Å². The number of hydrogen-bond acceptors (Lipinski definition) is 4. The summed E-state index contributed by atoms with van der Waals surface area (Å²) < 4.78 is 0. The minimum absolute atomic E-state index is 0.112. The molecule has 5 nitrogen and oxygen atoms in total. The van der Waals surface area contributed by atoms with Crippen LogP contribution in [0.4, 0.5) is 5.82 Å². The van der Waals surface area contributed by atoms with Crippen LogP contribution in [0.5, 0.6) is 0 Å². The second-order valence-electron chi connectivity index (χ2n) is 4.06. The molecule has 0 radical (unpaired) electrons. The number of anilines is 1. The van der Waals surface area contributed by atoms with Crippen LogP contribution >= 0.6 is 0 Å². The van der Waals surface area contributed by atoms with E-state index in [2.05, 4.69) is 20.6 Å². The van der Waals surface area contributed by atoms with Gasteiger partial charge in [0.1, 0.15) is 12.1 Å². The second-order valence-corrected chi connectivity index (χ2v) is 4.06. The highest BCUT2D eigenvalue weighted by Crippen LogP contribution is 2.18. The zero-order chi connectivity index (χ0) is 11.4. The standard InChI is InChI=1S/C11H16N4O/c1-8-6-10(14-7-13-8)12-5-4-11(16)15-9-2-3-9/h6-7,9H,2-5H2,1H3,(H,15,16)(H,12,13,14). The van der Waals surface area contributed by atoms with Gasteiger partial charge in [-0.1, -0.05) is 0 Å². The van der Waals surface area contributed by atoms with Gasteiger partial charge in [0, 0.05) is 30.8 Å². The zero-order valence-electron chi connectivity index (χ0n) is 9.36. The molecule has 1 aliphatic carbocycles. The lowest BCUT2D eigenvalue weighted by atomic mass is 10.3. The van der Waals surface area contributed by atoms with E-state index in [9.17, 15) is 4.79 Å². The summed E-state index contributed by atoms with van der Waals surface area (Å²) >= 11 is 0. The molecule has 1 heterocycles. The second kappa shape index (κ2) is 4.92. The van der Waals surface area contributed by atoms with Crippen LogP contribution in [-0.4, -0.2) is 28.5 Å². The van der Waals surface area contributed by atoms with Crippen molar-refractivity contribution in [3.8, 4) is 0 Å². The summed E-state index contributed by atoms with van der Waals surface area (Å²) in [5.41, 5.74) is 0.917. The third-order valence-corrected chi connectivity index (χ3v) is 2.40. The van der Waals surface area contributed by atoms with Gasteiger partial charge >= 0.3 is 0 Å². The number of nitrogens with one attached hydrogen (secondary N) is 2. The van der Waals surface area contributed by atoms with E-state index in [4.69, 9.17) is 0 Å². The lowest BCUT2D eigenvalue weighted by Crippen LogP contribution is -2.27. The molecule has 0 spiro atoms. The van der Waals surface area contributed by atoms with Gasteiger partial charge in [0.05, 0.1) is 0 Å². The summed E-state index contributed by atoms with van der Waals surface area (Å²) in [7, 11) is 0. The number of amides is 1. The van der Waals surface area contributed by atoms with Gasteiger partial charge in [-0.15, -0.1) is 0 Å². The zero-order valence-corrected chi connectivity index (χ0v) is 9.36. The Balaban J connectivity index is 1.68. The van der Waals surface area contributed by atoms with Crippen LogP contribution in [-0.2, 0) is 4.79 Å². The molecule has 1 aromatic heterocycles. The first kappa shape index (κ1) is 10.9. The van der Waals surface area contributed by atoms with Gasteiger partial charge in [0.2, 0.25) is 5.91 Å². The summed E-state index contributed by atoms with van der Waals surface area (Å²) in [6.45, 7) is 2.52. The number of hydrogen-bond donors (Lipinski definition) is 2. The molecule has 1 aromatic rings. The molecule has 1 amide bonds. The Morgan fingerprint density at radius 1 is 1.50 bits per heavy atom. The maximum atomic E-state index is 11.4. The number of nitrogens with zero attached hydrogens (tertiary/aromatic N) is 2. The molecule has 16 heavy (non-hydrogen) atoms. The molecule has 0 saturated heterocycles. The van der Waals surface area contributed by atoms with Crippen LogP contribution in [0.15, 0.2) is 12.4 Å². The number of aromatic nitrogens is 2. The lowest BCUT2D eigenvalue weighted by molar-refractivity contribution is -0.120. The smallest absolute Gasteiger partial charge is 0.221 e. The summed E-state index contributed by atoms with van der Waals surface area (Å²) in [4.78, 5) is 19.4. The van der Waals surface area contributed by atoms with Gasteiger partial charge in [0.25, 0.3) is 0 Å². The molecule has 0 aromatic carbocycles. The van der Waals surface area contributed by atoms with E-state index in [0.717, 1.165) is 24.4 Å². The Hall–Kier alpha value is -1.65. The van der Waals surface area contributed by atoms with Crippen molar-refractivity contribution in [2.75, 3.05) is 11.9 Å². The molecule has 1 fully saturated rings. The first-order chi connectivity index (χ1) is 7.74. The Kier molecular flexibility index (Phi) is 3.34. The number of aryl methyl sites for hydroxylation is 1. The number of rotatable bonds is 5. The number of carbonyl (C=O) groups excluding carboxylic acids is 1. The predicted octanol–water partition coefficient (Wildman–Crippen LogP) is 0.866. The monoisotopic (exact) mass is 220 g/mol. The van der Waals surface area contributed by atoms with Crippen LogP contribution in [0.1, 0.15) is 25.0 Å². The van der Waals surface area contributed by atoms with E-state index < -0.39 is 0 Å². The topological polar surface area (TPSA) is 66.9 Å². The Labute approximate surface area is 94.7 Å². The normalized spacial score (nSPS) is 14.6. The van der Waals surface area contributed by atoms with Crippen LogP contribution in [0.2, 0.25) is 0 Å². The van der Waals surface area contributed by atoms with E-state index in [0.29, 0.717) is 19.0 Å². The molecule has 1 saturated carbocycles.